The topological polar surface area (TPSA) is 47.6 Å². The van der Waals surface area contributed by atoms with E-state index in [1.54, 1.807) is 0 Å². The molecular weight excluding hydrogens is 321 g/mol. The summed E-state index contributed by atoms with van der Waals surface area (Å²) < 4.78 is 11.8. The van der Waals surface area contributed by atoms with Crippen molar-refractivity contribution in [2.24, 2.45) is 0 Å². The quantitative estimate of drug-likeness (QED) is 0.620. The first-order valence-electron chi connectivity index (χ1n) is 5.58. The van der Waals surface area contributed by atoms with E-state index in [0.29, 0.717) is 12.7 Å². The van der Waals surface area contributed by atoms with Crippen LogP contribution in [0.3, 0.4) is 0 Å². The van der Waals surface area contributed by atoms with Gasteiger partial charge in [-0.3, -0.25) is 0 Å². The molecule has 0 aromatic heterocycles. The summed E-state index contributed by atoms with van der Waals surface area (Å²) in [7, 11) is 0. The zero-order chi connectivity index (χ0) is 12.2. The van der Waals surface area contributed by atoms with Gasteiger partial charge in [0.25, 0.3) is 0 Å². The van der Waals surface area contributed by atoms with Crippen LogP contribution >= 0.6 is 22.6 Å². The van der Waals surface area contributed by atoms with Crippen LogP contribution in [0.5, 0.6) is 0 Å². The second kappa shape index (κ2) is 6.05. The SMILES string of the molecule is CC(C)(C)OC(=O)N[C@@H]1CC[C@@H](CI)OC1. The van der Waals surface area contributed by atoms with Gasteiger partial charge in [-0.2, -0.15) is 0 Å². The molecule has 1 amide bonds. The molecule has 0 aromatic carbocycles. The molecule has 1 N–H and O–H groups in total. The lowest BCUT2D eigenvalue weighted by Crippen LogP contribution is -2.45. The van der Waals surface area contributed by atoms with Gasteiger partial charge in [0.1, 0.15) is 5.60 Å². The predicted molar refractivity (Wildman–Crippen MR) is 71.0 cm³/mol. The average molecular weight is 341 g/mol. The lowest BCUT2D eigenvalue weighted by atomic mass is 10.1. The van der Waals surface area contributed by atoms with Gasteiger partial charge in [0.2, 0.25) is 0 Å². The Bertz CT molecular complexity index is 232. The highest BCUT2D eigenvalue weighted by atomic mass is 127. The number of carbonyl (C=O) groups excluding carboxylic acids is 1. The molecule has 0 radical (unpaired) electrons. The van der Waals surface area contributed by atoms with Gasteiger partial charge in [-0.1, -0.05) is 22.6 Å². The zero-order valence-corrected chi connectivity index (χ0v) is 12.2. The van der Waals surface area contributed by atoms with Crippen LogP contribution in [0.4, 0.5) is 4.79 Å². The third kappa shape index (κ3) is 5.34. The van der Waals surface area contributed by atoms with Crippen molar-refractivity contribution in [3.05, 3.63) is 0 Å². The number of alkyl halides is 1. The number of alkyl carbamates (subject to hydrolysis) is 1. The summed E-state index contributed by atoms with van der Waals surface area (Å²) in [5, 5.41) is 2.83. The number of hydrogen-bond donors (Lipinski definition) is 1. The van der Waals surface area contributed by atoms with Crippen molar-refractivity contribution in [3.8, 4) is 0 Å². The molecule has 1 saturated heterocycles. The van der Waals surface area contributed by atoms with Crippen LogP contribution in [-0.4, -0.2) is 34.9 Å². The van der Waals surface area contributed by atoms with E-state index in [-0.39, 0.29) is 12.1 Å². The van der Waals surface area contributed by atoms with Crippen molar-refractivity contribution >= 4 is 28.7 Å². The highest BCUT2D eigenvalue weighted by molar-refractivity contribution is 14.1. The minimum Gasteiger partial charge on any atom is -0.444 e. The van der Waals surface area contributed by atoms with E-state index in [4.69, 9.17) is 9.47 Å². The van der Waals surface area contributed by atoms with Gasteiger partial charge in [0.05, 0.1) is 18.8 Å². The summed E-state index contributed by atoms with van der Waals surface area (Å²) in [6.07, 6.45) is 1.96. The van der Waals surface area contributed by atoms with E-state index in [2.05, 4.69) is 27.9 Å². The number of amides is 1. The molecule has 0 bridgehead atoms. The van der Waals surface area contributed by atoms with Crippen molar-refractivity contribution < 1.29 is 14.3 Å². The predicted octanol–water partition coefficient (Wildman–Crippen LogP) is 2.49. The minimum atomic E-state index is -0.440. The van der Waals surface area contributed by atoms with E-state index in [1.165, 1.54) is 0 Å². The summed E-state index contributed by atoms with van der Waals surface area (Å²) in [5.74, 6) is 0. The van der Waals surface area contributed by atoms with E-state index in [9.17, 15) is 4.79 Å². The van der Waals surface area contributed by atoms with E-state index in [0.717, 1.165) is 17.3 Å². The van der Waals surface area contributed by atoms with E-state index >= 15 is 0 Å². The number of hydrogen-bond acceptors (Lipinski definition) is 3. The van der Waals surface area contributed by atoms with Gasteiger partial charge in [-0.15, -0.1) is 0 Å². The fourth-order valence-corrected chi connectivity index (χ4v) is 2.21. The van der Waals surface area contributed by atoms with Crippen molar-refractivity contribution in [1.29, 1.82) is 0 Å². The maximum absolute atomic E-state index is 11.5. The second-order valence-electron chi connectivity index (χ2n) is 5.03. The third-order valence-corrected chi connectivity index (χ3v) is 3.25. The highest BCUT2D eigenvalue weighted by Gasteiger charge is 2.24. The van der Waals surface area contributed by atoms with Crippen LogP contribution < -0.4 is 5.32 Å². The van der Waals surface area contributed by atoms with Crippen LogP contribution in [0.25, 0.3) is 0 Å². The first-order chi connectivity index (χ1) is 7.40. The minimum absolute atomic E-state index is 0.0917. The summed E-state index contributed by atoms with van der Waals surface area (Å²) >= 11 is 2.32. The Balaban J connectivity index is 2.26. The molecule has 1 rings (SSSR count). The Kier molecular flexibility index (Phi) is 5.30. The molecule has 0 unspecified atom stereocenters. The summed E-state index contributed by atoms with van der Waals surface area (Å²) in [5.41, 5.74) is -0.440. The number of rotatable bonds is 2. The molecule has 0 aliphatic carbocycles. The lowest BCUT2D eigenvalue weighted by molar-refractivity contribution is 0.00463. The fourth-order valence-electron chi connectivity index (χ4n) is 1.52. The number of halogens is 1. The Hall–Kier alpha value is -0.0400. The molecule has 1 fully saturated rings. The molecule has 1 aliphatic rings. The van der Waals surface area contributed by atoms with Gasteiger partial charge in [-0.25, -0.2) is 4.79 Å². The van der Waals surface area contributed by atoms with Gasteiger partial charge >= 0.3 is 6.09 Å². The maximum atomic E-state index is 11.5. The van der Waals surface area contributed by atoms with Crippen LogP contribution in [0.15, 0.2) is 0 Å². The molecule has 0 saturated carbocycles. The second-order valence-corrected chi connectivity index (χ2v) is 5.91. The Morgan fingerprint density at radius 1 is 1.50 bits per heavy atom. The molecule has 0 aromatic rings. The van der Waals surface area contributed by atoms with Gasteiger partial charge in [-0.05, 0) is 33.6 Å². The molecule has 16 heavy (non-hydrogen) atoms. The van der Waals surface area contributed by atoms with Crippen LogP contribution in [0.2, 0.25) is 0 Å². The van der Waals surface area contributed by atoms with Gasteiger partial charge in [0.15, 0.2) is 0 Å². The van der Waals surface area contributed by atoms with Gasteiger partial charge in [0, 0.05) is 4.43 Å². The maximum Gasteiger partial charge on any atom is 0.407 e. The fraction of sp³-hybridized carbons (Fsp3) is 0.909. The summed E-state index contributed by atoms with van der Waals surface area (Å²) in [4.78, 5) is 11.5. The Labute approximate surface area is 111 Å². The Morgan fingerprint density at radius 2 is 2.19 bits per heavy atom. The highest BCUT2D eigenvalue weighted by Crippen LogP contribution is 2.16. The van der Waals surface area contributed by atoms with Crippen LogP contribution in [-0.2, 0) is 9.47 Å². The lowest BCUT2D eigenvalue weighted by Gasteiger charge is -2.29. The number of ether oxygens (including phenoxy) is 2. The molecule has 2 atom stereocenters. The van der Waals surface area contributed by atoms with Gasteiger partial charge < -0.3 is 14.8 Å². The molecule has 94 valence electrons. The number of nitrogens with one attached hydrogen (secondary N) is 1. The first-order valence-corrected chi connectivity index (χ1v) is 7.10. The standard InChI is InChI=1S/C11H20INO3/c1-11(2,3)16-10(14)13-8-4-5-9(6-12)15-7-8/h8-9H,4-7H2,1-3H3,(H,13,14)/t8-,9+/m1/s1. The first kappa shape index (κ1) is 14.0. The third-order valence-electron chi connectivity index (χ3n) is 2.26. The van der Waals surface area contributed by atoms with Crippen molar-refractivity contribution in [1.82, 2.24) is 5.32 Å². The summed E-state index contributed by atoms with van der Waals surface area (Å²) in [6.45, 7) is 6.16. The summed E-state index contributed by atoms with van der Waals surface area (Å²) in [6, 6.07) is 0.0917. The smallest absolute Gasteiger partial charge is 0.407 e. The molecule has 1 aliphatic heterocycles. The zero-order valence-electron chi connectivity index (χ0n) is 10.1. The number of carbonyl (C=O) groups is 1. The average Bonchev–Trinajstić information content (AvgIpc) is 2.16. The molecule has 1 heterocycles. The monoisotopic (exact) mass is 341 g/mol. The van der Waals surface area contributed by atoms with Crippen LogP contribution in [0, 0.1) is 0 Å². The van der Waals surface area contributed by atoms with E-state index in [1.807, 2.05) is 20.8 Å². The molecular formula is C11H20INO3. The van der Waals surface area contributed by atoms with Crippen molar-refractivity contribution in [3.63, 3.8) is 0 Å². The molecule has 0 spiro atoms. The molecule has 4 nitrogen and oxygen atoms in total. The largest absolute Gasteiger partial charge is 0.444 e. The molecule has 5 heteroatoms. The Morgan fingerprint density at radius 3 is 2.62 bits per heavy atom. The van der Waals surface area contributed by atoms with Crippen LogP contribution in [0.1, 0.15) is 33.6 Å². The van der Waals surface area contributed by atoms with Crippen molar-refractivity contribution in [2.45, 2.75) is 51.4 Å². The van der Waals surface area contributed by atoms with Crippen molar-refractivity contribution in [2.75, 3.05) is 11.0 Å². The van der Waals surface area contributed by atoms with E-state index < -0.39 is 5.60 Å². The normalized spacial score (nSPS) is 26.2.